The first-order chi connectivity index (χ1) is 16.3. The average molecular weight is 495 g/mol. The van der Waals surface area contributed by atoms with Gasteiger partial charge in [0.05, 0.1) is 6.04 Å². The number of nitrogens with two attached hydrogens (primary N) is 1. The van der Waals surface area contributed by atoms with Gasteiger partial charge in [0, 0.05) is 12.8 Å². The predicted octanol–water partition coefficient (Wildman–Crippen LogP) is -0.268. The molecule has 1 aromatic carbocycles. The molecule has 0 saturated heterocycles. The third-order valence-corrected chi connectivity index (χ3v) is 5.58. The molecule has 1 rings (SSSR count). The zero-order chi connectivity index (χ0) is 26.7. The second-order valence-electron chi connectivity index (χ2n) is 8.41. The van der Waals surface area contributed by atoms with Crippen LogP contribution >= 0.6 is 0 Å². The van der Waals surface area contributed by atoms with E-state index in [2.05, 4.69) is 16.0 Å². The van der Waals surface area contributed by atoms with Crippen molar-refractivity contribution in [2.75, 3.05) is 0 Å². The van der Waals surface area contributed by atoms with Crippen molar-refractivity contribution < 1.29 is 39.3 Å². The number of amides is 3. The van der Waals surface area contributed by atoms with E-state index in [1.54, 1.807) is 19.1 Å². The van der Waals surface area contributed by atoms with Gasteiger partial charge >= 0.3 is 11.9 Å². The predicted molar refractivity (Wildman–Crippen MR) is 125 cm³/mol. The first-order valence-electron chi connectivity index (χ1n) is 11.2. The standard InChI is InChI=1S/C23H34N4O8/c1-4-12(2)19(24)22(33)27-17(11-14-5-7-15(28)8-6-14)21(32)26-16(9-10-18(29)30)20(31)25-13(3)23(34)35/h5-8,12-13,16-17,19,28H,4,9-11,24H2,1-3H3,(H,25,31)(H,26,32)(H,27,33)(H,29,30)(H,34,35). The molecule has 0 radical (unpaired) electrons. The lowest BCUT2D eigenvalue weighted by molar-refractivity contribution is -0.142. The minimum Gasteiger partial charge on any atom is -0.508 e. The van der Waals surface area contributed by atoms with Crippen LogP contribution in [0.2, 0.25) is 0 Å². The van der Waals surface area contributed by atoms with Crippen molar-refractivity contribution in [3.63, 3.8) is 0 Å². The lowest BCUT2D eigenvalue weighted by Crippen LogP contribution is -2.58. The highest BCUT2D eigenvalue weighted by molar-refractivity contribution is 5.94. The fourth-order valence-corrected chi connectivity index (χ4v) is 3.04. The number of hydrogen-bond acceptors (Lipinski definition) is 7. The largest absolute Gasteiger partial charge is 0.508 e. The number of carboxylic acid groups (broad SMARTS) is 2. The summed E-state index contributed by atoms with van der Waals surface area (Å²) in [6.45, 7) is 4.87. The van der Waals surface area contributed by atoms with Crippen molar-refractivity contribution in [3.05, 3.63) is 29.8 Å². The second-order valence-corrected chi connectivity index (χ2v) is 8.41. The van der Waals surface area contributed by atoms with E-state index in [9.17, 15) is 29.1 Å². The zero-order valence-corrected chi connectivity index (χ0v) is 20.0. The van der Waals surface area contributed by atoms with Crippen LogP contribution in [0.5, 0.6) is 5.75 Å². The Morgan fingerprint density at radius 2 is 1.43 bits per heavy atom. The molecule has 0 spiro atoms. The van der Waals surface area contributed by atoms with E-state index in [0.29, 0.717) is 12.0 Å². The Labute approximate surface area is 203 Å². The highest BCUT2D eigenvalue weighted by Crippen LogP contribution is 2.13. The third kappa shape index (κ3) is 10.0. The molecule has 5 atom stereocenters. The Bertz CT molecular complexity index is 905. The van der Waals surface area contributed by atoms with Crippen molar-refractivity contribution in [2.45, 2.75) is 70.6 Å². The molecule has 0 aromatic heterocycles. The Balaban J connectivity index is 3.13. The minimum atomic E-state index is -1.36. The van der Waals surface area contributed by atoms with E-state index in [1.165, 1.54) is 19.1 Å². The molecule has 3 amide bonds. The maximum atomic E-state index is 13.1. The van der Waals surface area contributed by atoms with E-state index in [4.69, 9.17) is 15.9 Å². The summed E-state index contributed by atoms with van der Waals surface area (Å²) in [5.74, 6) is -4.91. The molecule has 0 bridgehead atoms. The van der Waals surface area contributed by atoms with Gasteiger partial charge in [-0.15, -0.1) is 0 Å². The van der Waals surface area contributed by atoms with E-state index in [-0.39, 0.29) is 24.5 Å². The monoisotopic (exact) mass is 494 g/mol. The van der Waals surface area contributed by atoms with Gasteiger partial charge in [-0.25, -0.2) is 0 Å². The summed E-state index contributed by atoms with van der Waals surface area (Å²) in [6, 6.07) is 1.23. The van der Waals surface area contributed by atoms with Gasteiger partial charge in [0.2, 0.25) is 17.7 Å². The van der Waals surface area contributed by atoms with Gasteiger partial charge in [-0.1, -0.05) is 32.4 Å². The first-order valence-corrected chi connectivity index (χ1v) is 11.2. The molecule has 0 aliphatic rings. The van der Waals surface area contributed by atoms with Gasteiger partial charge < -0.3 is 37.0 Å². The Morgan fingerprint density at radius 3 is 1.94 bits per heavy atom. The number of hydrogen-bond donors (Lipinski definition) is 7. The van der Waals surface area contributed by atoms with Crippen molar-refractivity contribution in [3.8, 4) is 5.75 Å². The molecule has 12 heteroatoms. The van der Waals surface area contributed by atoms with Crippen molar-refractivity contribution >= 4 is 29.7 Å². The van der Waals surface area contributed by atoms with Crippen LogP contribution in [-0.4, -0.2) is 69.1 Å². The summed E-state index contributed by atoms with van der Waals surface area (Å²) in [5, 5.41) is 34.7. The first kappa shape index (κ1) is 29.4. The van der Waals surface area contributed by atoms with Crippen LogP contribution in [0, 0.1) is 5.92 Å². The van der Waals surface area contributed by atoms with Crippen molar-refractivity contribution in [1.29, 1.82) is 0 Å². The molecule has 5 unspecified atom stereocenters. The van der Waals surface area contributed by atoms with Gasteiger partial charge in [-0.2, -0.15) is 0 Å². The fraction of sp³-hybridized carbons (Fsp3) is 0.522. The number of phenolic OH excluding ortho intramolecular Hbond substituents is 1. The number of carboxylic acids is 2. The van der Waals surface area contributed by atoms with Crippen LogP contribution in [0.25, 0.3) is 0 Å². The molecule has 0 heterocycles. The third-order valence-electron chi connectivity index (χ3n) is 5.58. The van der Waals surface area contributed by atoms with E-state index < -0.39 is 60.2 Å². The molecule has 12 nitrogen and oxygen atoms in total. The van der Waals surface area contributed by atoms with Gasteiger partial charge in [0.1, 0.15) is 23.9 Å². The summed E-state index contributed by atoms with van der Waals surface area (Å²) in [4.78, 5) is 60.5. The molecule has 0 fully saturated rings. The number of rotatable bonds is 14. The highest BCUT2D eigenvalue weighted by atomic mass is 16.4. The number of carbonyl (C=O) groups excluding carboxylic acids is 3. The Kier molecular flexibility index (Phi) is 11.7. The second kappa shape index (κ2) is 13.9. The van der Waals surface area contributed by atoms with Crippen LogP contribution in [0.4, 0.5) is 0 Å². The van der Waals surface area contributed by atoms with E-state index >= 15 is 0 Å². The molecular formula is C23H34N4O8. The van der Waals surface area contributed by atoms with Crippen LogP contribution in [0.1, 0.15) is 45.6 Å². The average Bonchev–Trinajstić information content (AvgIpc) is 2.80. The number of carbonyl (C=O) groups is 5. The summed E-state index contributed by atoms with van der Waals surface area (Å²) in [6.07, 6.45) is -0.147. The van der Waals surface area contributed by atoms with Crippen molar-refractivity contribution in [2.24, 2.45) is 11.7 Å². The number of nitrogens with one attached hydrogen (secondary N) is 3. The number of benzene rings is 1. The summed E-state index contributed by atoms with van der Waals surface area (Å²) in [5.41, 5.74) is 6.57. The normalized spacial score (nSPS) is 15.1. The molecule has 8 N–H and O–H groups in total. The number of aromatic hydroxyl groups is 1. The summed E-state index contributed by atoms with van der Waals surface area (Å²) >= 11 is 0. The maximum Gasteiger partial charge on any atom is 0.325 e. The van der Waals surface area contributed by atoms with Crippen LogP contribution in [0.3, 0.4) is 0 Å². The highest BCUT2D eigenvalue weighted by Gasteiger charge is 2.30. The zero-order valence-electron chi connectivity index (χ0n) is 20.0. The molecule has 0 aliphatic heterocycles. The molecule has 194 valence electrons. The molecular weight excluding hydrogens is 460 g/mol. The molecule has 35 heavy (non-hydrogen) atoms. The van der Waals surface area contributed by atoms with Gasteiger partial charge in [0.15, 0.2) is 0 Å². The molecule has 1 aromatic rings. The van der Waals surface area contributed by atoms with Gasteiger partial charge in [-0.05, 0) is 37.0 Å². The lowest BCUT2D eigenvalue weighted by Gasteiger charge is -2.25. The number of phenols is 1. The Morgan fingerprint density at radius 1 is 0.886 bits per heavy atom. The summed E-state index contributed by atoms with van der Waals surface area (Å²) < 4.78 is 0. The lowest BCUT2D eigenvalue weighted by atomic mass is 9.98. The smallest absolute Gasteiger partial charge is 0.325 e. The van der Waals surface area contributed by atoms with Gasteiger partial charge in [0.25, 0.3) is 0 Å². The SMILES string of the molecule is CCC(C)C(N)C(=O)NC(Cc1ccc(O)cc1)C(=O)NC(CCC(=O)O)C(=O)NC(C)C(=O)O. The maximum absolute atomic E-state index is 13.1. The molecule has 0 aliphatic carbocycles. The molecule has 0 saturated carbocycles. The minimum absolute atomic E-state index is 0.00976. The number of aliphatic carboxylic acids is 2. The van der Waals surface area contributed by atoms with E-state index in [1.807, 2.05) is 6.92 Å². The van der Waals surface area contributed by atoms with E-state index in [0.717, 1.165) is 0 Å². The van der Waals surface area contributed by atoms with Crippen LogP contribution < -0.4 is 21.7 Å². The summed E-state index contributed by atoms with van der Waals surface area (Å²) in [7, 11) is 0. The van der Waals surface area contributed by atoms with Crippen LogP contribution in [-0.2, 0) is 30.4 Å². The fourth-order valence-electron chi connectivity index (χ4n) is 3.04. The van der Waals surface area contributed by atoms with Crippen molar-refractivity contribution in [1.82, 2.24) is 16.0 Å². The quantitative estimate of drug-likeness (QED) is 0.181. The topological polar surface area (TPSA) is 208 Å². The van der Waals surface area contributed by atoms with Gasteiger partial charge in [-0.3, -0.25) is 24.0 Å². The Hall–Kier alpha value is -3.67. The van der Waals surface area contributed by atoms with Crippen LogP contribution in [0.15, 0.2) is 24.3 Å².